The predicted octanol–water partition coefficient (Wildman–Crippen LogP) is 2.86. The molecule has 1 rings (SSSR count). The quantitative estimate of drug-likeness (QED) is 0.565. The van der Waals surface area contributed by atoms with E-state index in [4.69, 9.17) is 11.6 Å². The van der Waals surface area contributed by atoms with Crippen LogP contribution in [0.3, 0.4) is 0 Å². The van der Waals surface area contributed by atoms with E-state index in [0.29, 0.717) is 0 Å². The van der Waals surface area contributed by atoms with Crippen molar-refractivity contribution in [1.29, 1.82) is 0 Å². The van der Waals surface area contributed by atoms with Crippen LogP contribution >= 0.6 is 23.4 Å². The standard InChI is InChI=1S/C7H6ClS/c1-9-7-5-3-2-4-6(7)8/h2-4H,1H3. The number of hydrogen-bond acceptors (Lipinski definition) is 1. The Bertz CT molecular complexity index is 198. The Balaban J connectivity index is 3.01. The zero-order chi connectivity index (χ0) is 6.69. The first kappa shape index (κ1) is 6.97. The van der Waals surface area contributed by atoms with Crippen LogP contribution in [0, 0.1) is 6.07 Å². The van der Waals surface area contributed by atoms with E-state index in [2.05, 4.69) is 6.07 Å². The molecule has 0 aromatic heterocycles. The minimum atomic E-state index is 0.782. The molecule has 1 aromatic carbocycles. The molecule has 0 saturated heterocycles. The smallest absolute Gasteiger partial charge is 0.0548 e. The SMILES string of the molecule is CSc1[c]cccc1Cl. The maximum atomic E-state index is 5.77. The molecule has 1 aromatic rings. The van der Waals surface area contributed by atoms with Gasteiger partial charge in [-0.1, -0.05) is 23.7 Å². The van der Waals surface area contributed by atoms with Crippen LogP contribution in [0.25, 0.3) is 0 Å². The van der Waals surface area contributed by atoms with Crippen molar-refractivity contribution in [2.75, 3.05) is 6.26 Å². The average Bonchev–Trinajstić information content (AvgIpc) is 1.89. The fraction of sp³-hybridized carbons (Fsp3) is 0.143. The van der Waals surface area contributed by atoms with Gasteiger partial charge in [0.2, 0.25) is 0 Å². The van der Waals surface area contributed by atoms with Gasteiger partial charge in [-0.3, -0.25) is 0 Å². The van der Waals surface area contributed by atoms with Gasteiger partial charge in [0.25, 0.3) is 0 Å². The number of benzene rings is 1. The van der Waals surface area contributed by atoms with E-state index >= 15 is 0 Å². The van der Waals surface area contributed by atoms with Crippen molar-refractivity contribution in [2.45, 2.75) is 4.90 Å². The molecule has 0 amide bonds. The molecule has 1 radical (unpaired) electrons. The lowest BCUT2D eigenvalue weighted by Crippen LogP contribution is -1.69. The molecule has 9 heavy (non-hydrogen) atoms. The molecule has 2 heteroatoms. The molecule has 0 aliphatic rings. The average molecular weight is 158 g/mol. The van der Waals surface area contributed by atoms with E-state index in [1.807, 2.05) is 24.5 Å². The Morgan fingerprint density at radius 3 is 2.89 bits per heavy atom. The molecule has 0 saturated carbocycles. The van der Waals surface area contributed by atoms with Crippen LogP contribution in [0.4, 0.5) is 0 Å². The van der Waals surface area contributed by atoms with E-state index in [1.165, 1.54) is 0 Å². The summed E-state index contributed by atoms with van der Waals surface area (Å²) in [6.45, 7) is 0. The molecule has 0 fully saturated rings. The van der Waals surface area contributed by atoms with Gasteiger partial charge in [0, 0.05) is 4.90 Å². The predicted molar refractivity (Wildman–Crippen MR) is 42.1 cm³/mol. The molecular formula is C7H6ClS. The Morgan fingerprint density at radius 1 is 1.67 bits per heavy atom. The highest BCUT2D eigenvalue weighted by molar-refractivity contribution is 7.98. The number of hydrogen-bond donors (Lipinski definition) is 0. The largest absolute Gasteiger partial charge is 0.127 e. The normalized spacial score (nSPS) is 9.56. The van der Waals surface area contributed by atoms with E-state index in [9.17, 15) is 0 Å². The fourth-order valence-corrected chi connectivity index (χ4v) is 1.37. The van der Waals surface area contributed by atoms with Crippen LogP contribution in [-0.4, -0.2) is 6.26 Å². The van der Waals surface area contributed by atoms with Crippen LogP contribution in [0.1, 0.15) is 0 Å². The number of rotatable bonds is 1. The van der Waals surface area contributed by atoms with Crippen LogP contribution in [-0.2, 0) is 0 Å². The Labute approximate surface area is 64.2 Å². The van der Waals surface area contributed by atoms with Crippen molar-refractivity contribution in [3.63, 3.8) is 0 Å². The van der Waals surface area contributed by atoms with Crippen molar-refractivity contribution in [3.8, 4) is 0 Å². The lowest BCUT2D eigenvalue weighted by atomic mass is 10.4. The second kappa shape index (κ2) is 3.14. The molecule has 0 bridgehead atoms. The number of halogens is 1. The van der Waals surface area contributed by atoms with Gasteiger partial charge in [-0.2, -0.15) is 0 Å². The first-order valence-electron chi connectivity index (χ1n) is 2.55. The van der Waals surface area contributed by atoms with Gasteiger partial charge in [-0.05, 0) is 18.4 Å². The minimum absolute atomic E-state index is 0.782. The van der Waals surface area contributed by atoms with E-state index in [1.54, 1.807) is 11.8 Å². The summed E-state index contributed by atoms with van der Waals surface area (Å²) in [6, 6.07) is 8.62. The molecule has 0 heterocycles. The van der Waals surface area contributed by atoms with Gasteiger partial charge in [-0.25, -0.2) is 0 Å². The number of thioether (sulfide) groups is 1. The maximum absolute atomic E-state index is 5.77. The molecule has 0 spiro atoms. The highest BCUT2D eigenvalue weighted by Crippen LogP contribution is 2.22. The van der Waals surface area contributed by atoms with E-state index < -0.39 is 0 Å². The summed E-state index contributed by atoms with van der Waals surface area (Å²) in [5.41, 5.74) is 0. The monoisotopic (exact) mass is 157 g/mol. The third-order valence-corrected chi connectivity index (χ3v) is 2.15. The zero-order valence-electron chi connectivity index (χ0n) is 5.02. The minimum Gasteiger partial charge on any atom is -0.127 e. The Kier molecular flexibility index (Phi) is 2.43. The maximum Gasteiger partial charge on any atom is 0.0548 e. The van der Waals surface area contributed by atoms with Gasteiger partial charge >= 0.3 is 0 Å². The highest BCUT2D eigenvalue weighted by Gasteiger charge is 1.93. The van der Waals surface area contributed by atoms with E-state index in [-0.39, 0.29) is 0 Å². The van der Waals surface area contributed by atoms with Crippen LogP contribution in [0.2, 0.25) is 5.02 Å². The molecule has 0 unspecified atom stereocenters. The van der Waals surface area contributed by atoms with Gasteiger partial charge in [0.05, 0.1) is 5.02 Å². The molecule has 0 nitrogen and oxygen atoms in total. The second-order valence-electron chi connectivity index (χ2n) is 1.55. The fourth-order valence-electron chi connectivity index (χ4n) is 0.557. The molecular weight excluding hydrogens is 152 g/mol. The third kappa shape index (κ3) is 1.63. The summed E-state index contributed by atoms with van der Waals surface area (Å²) in [5.74, 6) is 0. The summed E-state index contributed by atoms with van der Waals surface area (Å²) in [5, 5.41) is 0.782. The lowest BCUT2D eigenvalue weighted by molar-refractivity contribution is 1.45. The van der Waals surface area contributed by atoms with Crippen molar-refractivity contribution in [2.24, 2.45) is 0 Å². The van der Waals surface area contributed by atoms with Crippen molar-refractivity contribution < 1.29 is 0 Å². The van der Waals surface area contributed by atoms with Crippen LogP contribution in [0.15, 0.2) is 23.1 Å². The first-order valence-corrected chi connectivity index (χ1v) is 4.15. The Hall–Kier alpha value is -0.140. The van der Waals surface area contributed by atoms with Gasteiger partial charge < -0.3 is 0 Å². The Morgan fingerprint density at radius 2 is 2.44 bits per heavy atom. The molecule has 0 atom stereocenters. The lowest BCUT2D eigenvalue weighted by Gasteiger charge is -1.94. The highest BCUT2D eigenvalue weighted by atomic mass is 35.5. The second-order valence-corrected chi connectivity index (χ2v) is 2.78. The van der Waals surface area contributed by atoms with Gasteiger partial charge in [0.15, 0.2) is 0 Å². The third-order valence-electron chi connectivity index (χ3n) is 0.974. The summed E-state index contributed by atoms with van der Waals surface area (Å²) >= 11 is 7.38. The van der Waals surface area contributed by atoms with Crippen LogP contribution < -0.4 is 0 Å². The molecule has 0 aliphatic carbocycles. The topological polar surface area (TPSA) is 0 Å². The zero-order valence-corrected chi connectivity index (χ0v) is 6.59. The first-order chi connectivity index (χ1) is 4.34. The molecule has 0 aliphatic heterocycles. The summed E-state index contributed by atoms with van der Waals surface area (Å²) in [6.07, 6.45) is 1.98. The summed E-state index contributed by atoms with van der Waals surface area (Å²) in [7, 11) is 0. The molecule has 47 valence electrons. The van der Waals surface area contributed by atoms with E-state index in [0.717, 1.165) is 9.92 Å². The van der Waals surface area contributed by atoms with Crippen molar-refractivity contribution in [3.05, 3.63) is 29.3 Å². The van der Waals surface area contributed by atoms with Gasteiger partial charge in [0.1, 0.15) is 0 Å². The molecule has 0 N–H and O–H groups in total. The van der Waals surface area contributed by atoms with Crippen molar-refractivity contribution >= 4 is 23.4 Å². The van der Waals surface area contributed by atoms with Crippen molar-refractivity contribution in [1.82, 2.24) is 0 Å². The van der Waals surface area contributed by atoms with Gasteiger partial charge in [-0.15, -0.1) is 11.8 Å². The summed E-state index contributed by atoms with van der Waals surface area (Å²) < 4.78 is 0. The van der Waals surface area contributed by atoms with Crippen LogP contribution in [0.5, 0.6) is 0 Å². The summed E-state index contributed by atoms with van der Waals surface area (Å²) in [4.78, 5) is 1.01.